The predicted octanol–water partition coefficient (Wildman–Crippen LogP) is 6.20. The second-order valence-corrected chi connectivity index (χ2v) is 11.6. The summed E-state index contributed by atoms with van der Waals surface area (Å²) in [5.74, 6) is -1.32. The van der Waals surface area contributed by atoms with Crippen molar-refractivity contribution in [1.29, 1.82) is 0 Å². The Morgan fingerprint density at radius 1 is 0.846 bits per heavy atom. The van der Waals surface area contributed by atoms with Crippen LogP contribution in [0.5, 0.6) is 5.75 Å². The van der Waals surface area contributed by atoms with Crippen LogP contribution in [0.1, 0.15) is 27.0 Å². The molecule has 4 aromatic carbocycles. The Morgan fingerprint density at radius 3 is 2.05 bits per heavy atom. The number of carbonyl (C=O) groups excluding carboxylic acids is 1. The SMILES string of the molecule is O=C(NCCc1ccccc1)c1ccc(CN(Cc2ccc(F)cc2)S(=O)(=O)c2cc(Cl)cc(Cl)c2O)cc1. The van der Waals surface area contributed by atoms with Crippen LogP contribution in [0.25, 0.3) is 0 Å². The van der Waals surface area contributed by atoms with E-state index in [0.29, 0.717) is 29.7 Å². The third-order valence-electron chi connectivity index (χ3n) is 6.00. The van der Waals surface area contributed by atoms with E-state index in [1.807, 2.05) is 30.3 Å². The molecular formula is C29H25Cl2FN2O4S. The van der Waals surface area contributed by atoms with Crippen molar-refractivity contribution in [2.45, 2.75) is 24.4 Å². The molecule has 0 heterocycles. The van der Waals surface area contributed by atoms with Crippen LogP contribution in [0.15, 0.2) is 95.9 Å². The maximum atomic E-state index is 13.7. The number of amides is 1. The van der Waals surface area contributed by atoms with Crippen molar-refractivity contribution in [1.82, 2.24) is 9.62 Å². The monoisotopic (exact) mass is 586 g/mol. The van der Waals surface area contributed by atoms with Gasteiger partial charge in [-0.25, -0.2) is 12.8 Å². The van der Waals surface area contributed by atoms with E-state index in [0.717, 1.165) is 15.9 Å². The van der Waals surface area contributed by atoms with Crippen LogP contribution in [-0.4, -0.2) is 30.3 Å². The second kappa shape index (κ2) is 12.6. The molecule has 0 saturated heterocycles. The highest BCUT2D eigenvalue weighted by Crippen LogP contribution is 2.36. The van der Waals surface area contributed by atoms with Gasteiger partial charge < -0.3 is 10.4 Å². The molecule has 0 spiro atoms. The molecule has 0 aliphatic carbocycles. The van der Waals surface area contributed by atoms with Gasteiger partial charge in [0.05, 0.1) is 5.02 Å². The maximum absolute atomic E-state index is 13.7. The van der Waals surface area contributed by atoms with E-state index in [4.69, 9.17) is 23.2 Å². The summed E-state index contributed by atoms with van der Waals surface area (Å²) in [6, 6.07) is 24.1. The summed E-state index contributed by atoms with van der Waals surface area (Å²) in [6.45, 7) is 0.257. The van der Waals surface area contributed by atoms with E-state index in [1.165, 1.54) is 30.3 Å². The Bertz CT molecular complexity index is 1550. The van der Waals surface area contributed by atoms with Gasteiger partial charge in [-0.1, -0.05) is 77.8 Å². The fraction of sp³-hybridized carbons (Fsp3) is 0.138. The summed E-state index contributed by atoms with van der Waals surface area (Å²) in [5.41, 5.74) is 2.66. The molecule has 0 aromatic heterocycles. The summed E-state index contributed by atoms with van der Waals surface area (Å²) in [4.78, 5) is 12.1. The number of hydrogen-bond acceptors (Lipinski definition) is 4. The van der Waals surface area contributed by atoms with Crippen LogP contribution in [0, 0.1) is 5.82 Å². The summed E-state index contributed by atoms with van der Waals surface area (Å²) in [6.07, 6.45) is 0.696. The van der Waals surface area contributed by atoms with Crippen LogP contribution in [0.4, 0.5) is 4.39 Å². The van der Waals surface area contributed by atoms with Crippen LogP contribution in [-0.2, 0) is 29.5 Å². The molecule has 6 nitrogen and oxygen atoms in total. The minimum Gasteiger partial charge on any atom is -0.505 e. The van der Waals surface area contributed by atoms with Crippen molar-refractivity contribution >= 4 is 39.1 Å². The van der Waals surface area contributed by atoms with Crippen molar-refractivity contribution in [3.05, 3.63) is 129 Å². The first-order chi connectivity index (χ1) is 18.6. The number of phenolic OH excluding ortho intramolecular Hbond substituents is 1. The van der Waals surface area contributed by atoms with Crippen molar-refractivity contribution in [2.75, 3.05) is 6.54 Å². The van der Waals surface area contributed by atoms with Crippen molar-refractivity contribution in [3.8, 4) is 5.75 Å². The number of hydrogen-bond donors (Lipinski definition) is 2. The minimum atomic E-state index is -4.31. The molecule has 39 heavy (non-hydrogen) atoms. The van der Waals surface area contributed by atoms with Gasteiger partial charge in [-0.05, 0) is 59.5 Å². The van der Waals surface area contributed by atoms with Gasteiger partial charge >= 0.3 is 0 Å². The molecule has 202 valence electrons. The zero-order valence-electron chi connectivity index (χ0n) is 20.6. The maximum Gasteiger partial charge on any atom is 0.251 e. The topological polar surface area (TPSA) is 86.7 Å². The van der Waals surface area contributed by atoms with Crippen LogP contribution in [0.3, 0.4) is 0 Å². The molecule has 0 saturated carbocycles. The molecule has 0 atom stereocenters. The third kappa shape index (κ3) is 7.36. The summed E-state index contributed by atoms with van der Waals surface area (Å²) >= 11 is 12.0. The average Bonchev–Trinajstić information content (AvgIpc) is 2.92. The van der Waals surface area contributed by atoms with Gasteiger partial charge in [-0.3, -0.25) is 4.79 Å². The molecular weight excluding hydrogens is 562 g/mol. The van der Waals surface area contributed by atoms with Gasteiger partial charge in [0.1, 0.15) is 10.7 Å². The van der Waals surface area contributed by atoms with Gasteiger partial charge in [-0.2, -0.15) is 4.31 Å². The lowest BCUT2D eigenvalue weighted by atomic mass is 10.1. The Labute approximate surface area is 236 Å². The van der Waals surface area contributed by atoms with E-state index < -0.39 is 26.5 Å². The fourth-order valence-corrected chi connectivity index (χ4v) is 6.09. The first kappa shape index (κ1) is 28.6. The number of nitrogens with zero attached hydrogens (tertiary/aromatic N) is 1. The lowest BCUT2D eigenvalue weighted by Crippen LogP contribution is -2.30. The van der Waals surface area contributed by atoms with Crippen molar-refractivity contribution in [2.24, 2.45) is 0 Å². The number of halogens is 3. The highest BCUT2D eigenvalue weighted by atomic mass is 35.5. The Morgan fingerprint density at radius 2 is 1.44 bits per heavy atom. The normalized spacial score (nSPS) is 11.5. The summed E-state index contributed by atoms with van der Waals surface area (Å²) in [7, 11) is -4.31. The molecule has 0 unspecified atom stereocenters. The predicted molar refractivity (Wildman–Crippen MR) is 150 cm³/mol. The highest BCUT2D eigenvalue weighted by Gasteiger charge is 2.29. The zero-order chi connectivity index (χ0) is 28.0. The van der Waals surface area contributed by atoms with E-state index in [9.17, 15) is 22.7 Å². The lowest BCUT2D eigenvalue weighted by Gasteiger charge is -2.23. The smallest absolute Gasteiger partial charge is 0.251 e. The zero-order valence-corrected chi connectivity index (χ0v) is 23.0. The molecule has 0 aliphatic heterocycles. The average molecular weight is 588 g/mol. The molecule has 4 aromatic rings. The van der Waals surface area contributed by atoms with Gasteiger partial charge in [0.2, 0.25) is 10.0 Å². The van der Waals surface area contributed by atoms with Gasteiger partial charge in [-0.15, -0.1) is 0 Å². The molecule has 0 radical (unpaired) electrons. The molecule has 0 aliphatic rings. The Kier molecular flexibility index (Phi) is 9.24. The lowest BCUT2D eigenvalue weighted by molar-refractivity contribution is 0.0954. The number of rotatable bonds is 10. The van der Waals surface area contributed by atoms with E-state index in [-0.39, 0.29) is 29.0 Å². The van der Waals surface area contributed by atoms with E-state index in [2.05, 4.69) is 5.32 Å². The quantitative estimate of drug-likeness (QED) is 0.231. The van der Waals surface area contributed by atoms with Crippen LogP contribution >= 0.6 is 23.2 Å². The van der Waals surface area contributed by atoms with Gasteiger partial charge in [0.15, 0.2) is 5.75 Å². The first-order valence-electron chi connectivity index (χ1n) is 12.0. The van der Waals surface area contributed by atoms with Crippen LogP contribution < -0.4 is 5.32 Å². The number of aromatic hydroxyl groups is 1. The second-order valence-electron chi connectivity index (χ2n) is 8.82. The Balaban J connectivity index is 1.53. The third-order valence-corrected chi connectivity index (χ3v) is 8.31. The molecule has 1 amide bonds. The Hall–Kier alpha value is -3.43. The number of phenols is 1. The molecule has 2 N–H and O–H groups in total. The highest BCUT2D eigenvalue weighted by molar-refractivity contribution is 7.89. The van der Waals surface area contributed by atoms with Gasteiger partial charge in [0, 0.05) is 30.2 Å². The molecule has 0 fully saturated rings. The number of benzene rings is 4. The summed E-state index contributed by atoms with van der Waals surface area (Å²) < 4.78 is 41.9. The van der Waals surface area contributed by atoms with E-state index in [1.54, 1.807) is 24.3 Å². The summed E-state index contributed by atoms with van der Waals surface area (Å²) in [5, 5.41) is 13.1. The molecule has 4 rings (SSSR count). The first-order valence-corrected chi connectivity index (χ1v) is 14.2. The molecule has 0 bridgehead atoms. The minimum absolute atomic E-state index is 0.0423. The fourth-order valence-electron chi connectivity index (χ4n) is 3.93. The standard InChI is InChI=1S/C29H25Cl2FN2O4S/c30-24-16-26(31)28(35)27(17-24)39(37,38)34(19-22-8-12-25(32)13-9-22)18-21-6-10-23(11-7-21)29(36)33-15-14-20-4-2-1-3-5-20/h1-13,16-17,35H,14-15,18-19H2,(H,33,36). The molecule has 10 heteroatoms. The van der Waals surface area contributed by atoms with Gasteiger partial charge in [0.25, 0.3) is 5.91 Å². The number of carbonyl (C=O) groups is 1. The number of sulfonamides is 1. The van der Waals surface area contributed by atoms with Crippen molar-refractivity contribution < 1.29 is 22.7 Å². The van der Waals surface area contributed by atoms with E-state index >= 15 is 0 Å². The largest absolute Gasteiger partial charge is 0.505 e. The van der Waals surface area contributed by atoms with Crippen molar-refractivity contribution in [3.63, 3.8) is 0 Å². The number of nitrogens with one attached hydrogen (secondary N) is 1. The van der Waals surface area contributed by atoms with Crippen LogP contribution in [0.2, 0.25) is 10.0 Å².